The molecule has 1 saturated heterocycles. The van der Waals surface area contributed by atoms with Gasteiger partial charge >= 0.3 is 5.97 Å². The van der Waals surface area contributed by atoms with Gasteiger partial charge in [-0.15, -0.1) is 0 Å². The molecular weight excluding hydrogens is 234 g/mol. The summed E-state index contributed by atoms with van der Waals surface area (Å²) in [7, 11) is 0. The minimum absolute atomic E-state index is 0.383. The quantitative estimate of drug-likeness (QED) is 0.862. The van der Waals surface area contributed by atoms with E-state index in [1.807, 2.05) is 23.9 Å². The number of nitrogens with one attached hydrogen (secondary N) is 1. The first-order chi connectivity index (χ1) is 8.25. The molecule has 2 rings (SSSR count). The van der Waals surface area contributed by atoms with Gasteiger partial charge in [-0.05, 0) is 43.6 Å². The molecule has 1 aromatic rings. The van der Waals surface area contributed by atoms with Gasteiger partial charge < -0.3 is 10.4 Å². The maximum Gasteiger partial charge on any atom is 0.335 e. The minimum Gasteiger partial charge on any atom is -0.478 e. The van der Waals surface area contributed by atoms with Gasteiger partial charge in [-0.3, -0.25) is 0 Å². The fourth-order valence-electron chi connectivity index (χ4n) is 1.97. The number of rotatable bonds is 4. The largest absolute Gasteiger partial charge is 0.478 e. The molecule has 4 heteroatoms. The molecule has 0 atom stereocenters. The van der Waals surface area contributed by atoms with Crippen LogP contribution in [0.2, 0.25) is 0 Å². The Labute approximate surface area is 106 Å². The van der Waals surface area contributed by atoms with Gasteiger partial charge in [0.25, 0.3) is 0 Å². The van der Waals surface area contributed by atoms with Crippen molar-refractivity contribution in [2.75, 3.05) is 13.1 Å². The zero-order chi connectivity index (χ0) is 12.1. The number of hydrogen-bond acceptors (Lipinski definition) is 3. The molecule has 1 aliphatic heterocycles. The number of carbonyl (C=O) groups is 1. The van der Waals surface area contributed by atoms with Crippen molar-refractivity contribution in [1.82, 2.24) is 5.32 Å². The molecule has 3 nitrogen and oxygen atoms in total. The van der Waals surface area contributed by atoms with Crippen LogP contribution in [0, 0.1) is 0 Å². The number of carboxylic acid groups (broad SMARTS) is 1. The monoisotopic (exact) mass is 251 g/mol. The highest BCUT2D eigenvalue weighted by Gasteiger charge is 2.13. The topological polar surface area (TPSA) is 49.3 Å². The van der Waals surface area contributed by atoms with Gasteiger partial charge in [0.05, 0.1) is 5.56 Å². The van der Waals surface area contributed by atoms with E-state index in [9.17, 15) is 4.79 Å². The molecule has 0 spiro atoms. The second kappa shape index (κ2) is 6.07. The second-order valence-electron chi connectivity index (χ2n) is 4.27. The maximum atomic E-state index is 10.8. The van der Waals surface area contributed by atoms with Crippen molar-refractivity contribution in [2.24, 2.45) is 0 Å². The van der Waals surface area contributed by atoms with E-state index < -0.39 is 5.97 Å². The number of carboxylic acids is 1. The highest BCUT2D eigenvalue weighted by atomic mass is 32.2. The highest BCUT2D eigenvalue weighted by Crippen LogP contribution is 2.24. The smallest absolute Gasteiger partial charge is 0.335 e. The van der Waals surface area contributed by atoms with Crippen LogP contribution in [0.3, 0.4) is 0 Å². The first-order valence-electron chi connectivity index (χ1n) is 5.90. The van der Waals surface area contributed by atoms with Crippen molar-refractivity contribution in [3.8, 4) is 0 Å². The fraction of sp³-hybridized carbons (Fsp3) is 0.462. The van der Waals surface area contributed by atoms with Crippen molar-refractivity contribution in [3.05, 3.63) is 35.4 Å². The Morgan fingerprint density at radius 3 is 2.88 bits per heavy atom. The standard InChI is InChI=1S/C13H17NO2S/c15-13(16)11-3-1-2-10(8-11)9-17-12-4-6-14-7-5-12/h1-3,8,12,14H,4-7,9H2,(H,15,16). The summed E-state index contributed by atoms with van der Waals surface area (Å²) >= 11 is 1.94. The van der Waals surface area contributed by atoms with Crippen LogP contribution in [0.15, 0.2) is 24.3 Å². The van der Waals surface area contributed by atoms with Gasteiger partial charge in [0.15, 0.2) is 0 Å². The molecule has 0 saturated carbocycles. The van der Waals surface area contributed by atoms with Crippen molar-refractivity contribution in [3.63, 3.8) is 0 Å². The average molecular weight is 251 g/mol. The van der Waals surface area contributed by atoms with E-state index in [0.29, 0.717) is 10.8 Å². The van der Waals surface area contributed by atoms with Crippen LogP contribution in [-0.2, 0) is 5.75 Å². The van der Waals surface area contributed by atoms with Crippen LogP contribution in [-0.4, -0.2) is 29.4 Å². The number of thioether (sulfide) groups is 1. The van der Waals surface area contributed by atoms with Crippen molar-refractivity contribution < 1.29 is 9.90 Å². The van der Waals surface area contributed by atoms with Gasteiger partial charge in [-0.2, -0.15) is 11.8 Å². The van der Waals surface area contributed by atoms with Gasteiger partial charge in [-0.25, -0.2) is 4.79 Å². The molecule has 0 unspecified atom stereocenters. The molecule has 92 valence electrons. The first kappa shape index (κ1) is 12.5. The number of hydrogen-bond donors (Lipinski definition) is 2. The predicted octanol–water partition coefficient (Wildman–Crippen LogP) is 2.37. The number of piperidine rings is 1. The van der Waals surface area contributed by atoms with Crippen LogP contribution in [0.1, 0.15) is 28.8 Å². The minimum atomic E-state index is -0.848. The molecule has 0 aromatic heterocycles. The summed E-state index contributed by atoms with van der Waals surface area (Å²) in [5, 5.41) is 13.0. The lowest BCUT2D eigenvalue weighted by atomic mass is 10.1. The van der Waals surface area contributed by atoms with Crippen LogP contribution in [0.5, 0.6) is 0 Å². The van der Waals surface area contributed by atoms with Crippen molar-refractivity contribution in [1.29, 1.82) is 0 Å². The molecule has 0 aliphatic carbocycles. The van der Waals surface area contributed by atoms with Crippen molar-refractivity contribution in [2.45, 2.75) is 23.8 Å². The van der Waals surface area contributed by atoms with Crippen LogP contribution >= 0.6 is 11.8 Å². The van der Waals surface area contributed by atoms with E-state index in [-0.39, 0.29) is 0 Å². The lowest BCUT2D eigenvalue weighted by Gasteiger charge is -2.22. The average Bonchev–Trinajstić information content (AvgIpc) is 2.38. The SMILES string of the molecule is O=C(O)c1cccc(CSC2CCNCC2)c1. The van der Waals surface area contributed by atoms with Gasteiger partial charge in [0.2, 0.25) is 0 Å². The summed E-state index contributed by atoms with van der Waals surface area (Å²) in [6.07, 6.45) is 2.42. The summed E-state index contributed by atoms with van der Waals surface area (Å²) in [5.41, 5.74) is 1.49. The third kappa shape index (κ3) is 3.75. The van der Waals surface area contributed by atoms with E-state index in [1.165, 1.54) is 12.8 Å². The Hall–Kier alpha value is -1.00. The van der Waals surface area contributed by atoms with E-state index in [0.717, 1.165) is 24.4 Å². The summed E-state index contributed by atoms with van der Waals surface area (Å²) in [6, 6.07) is 7.24. The van der Waals surface area contributed by atoms with Crippen LogP contribution in [0.25, 0.3) is 0 Å². The van der Waals surface area contributed by atoms with Crippen LogP contribution in [0.4, 0.5) is 0 Å². The van der Waals surface area contributed by atoms with E-state index in [1.54, 1.807) is 12.1 Å². The van der Waals surface area contributed by atoms with Gasteiger partial charge in [-0.1, -0.05) is 12.1 Å². The zero-order valence-electron chi connectivity index (χ0n) is 9.69. The Kier molecular flexibility index (Phi) is 4.45. The summed E-state index contributed by atoms with van der Waals surface area (Å²) in [6.45, 7) is 2.21. The molecule has 1 heterocycles. The van der Waals surface area contributed by atoms with Gasteiger partial charge in [0, 0.05) is 11.0 Å². The predicted molar refractivity (Wildman–Crippen MR) is 70.6 cm³/mol. The Bertz CT molecular complexity index is 389. The van der Waals surface area contributed by atoms with Crippen molar-refractivity contribution >= 4 is 17.7 Å². The molecule has 0 bridgehead atoms. The Morgan fingerprint density at radius 2 is 2.18 bits per heavy atom. The lowest BCUT2D eigenvalue weighted by Crippen LogP contribution is -2.29. The molecule has 1 aromatic carbocycles. The Morgan fingerprint density at radius 1 is 1.41 bits per heavy atom. The highest BCUT2D eigenvalue weighted by molar-refractivity contribution is 7.99. The van der Waals surface area contributed by atoms with Crippen LogP contribution < -0.4 is 5.32 Å². The zero-order valence-corrected chi connectivity index (χ0v) is 10.5. The maximum absolute atomic E-state index is 10.8. The molecule has 2 N–H and O–H groups in total. The fourth-order valence-corrected chi connectivity index (χ4v) is 3.15. The number of benzene rings is 1. The molecule has 17 heavy (non-hydrogen) atoms. The molecule has 1 aliphatic rings. The molecular formula is C13H17NO2S. The number of aromatic carboxylic acids is 1. The first-order valence-corrected chi connectivity index (χ1v) is 6.95. The normalized spacial score (nSPS) is 16.9. The molecule has 0 amide bonds. The molecule has 0 radical (unpaired) electrons. The second-order valence-corrected chi connectivity index (χ2v) is 5.55. The summed E-state index contributed by atoms with van der Waals surface area (Å²) < 4.78 is 0. The van der Waals surface area contributed by atoms with E-state index in [4.69, 9.17) is 5.11 Å². The van der Waals surface area contributed by atoms with Gasteiger partial charge in [0.1, 0.15) is 0 Å². The third-order valence-corrected chi connectivity index (χ3v) is 4.39. The third-order valence-electron chi connectivity index (χ3n) is 2.95. The van der Waals surface area contributed by atoms with E-state index >= 15 is 0 Å². The summed E-state index contributed by atoms with van der Waals surface area (Å²) in [5.74, 6) is 0.0601. The lowest BCUT2D eigenvalue weighted by molar-refractivity contribution is 0.0697. The Balaban J connectivity index is 1.89. The van der Waals surface area contributed by atoms with E-state index in [2.05, 4.69) is 5.32 Å². The summed E-state index contributed by atoms with van der Waals surface area (Å²) in [4.78, 5) is 10.8. The molecule has 1 fully saturated rings.